The summed E-state index contributed by atoms with van der Waals surface area (Å²) in [6, 6.07) is 0. The van der Waals surface area contributed by atoms with Gasteiger partial charge in [-0.3, -0.25) is 9.59 Å². The largest absolute Gasteiger partial charge is 0.365 e. The Morgan fingerprint density at radius 1 is 1.41 bits per heavy atom. The number of hydrogen-bond acceptors (Lipinski definition) is 4. The van der Waals surface area contributed by atoms with E-state index in [2.05, 4.69) is 10.3 Å². The molecule has 0 unspecified atom stereocenters. The quantitative estimate of drug-likeness (QED) is 0.859. The third kappa shape index (κ3) is 2.63. The zero-order valence-corrected chi connectivity index (χ0v) is 10.5. The summed E-state index contributed by atoms with van der Waals surface area (Å²) in [5.41, 5.74) is 5.77. The maximum Gasteiger partial charge on any atom is 0.260 e. The second-order valence-corrected chi connectivity index (χ2v) is 5.27. The van der Waals surface area contributed by atoms with Crippen molar-refractivity contribution in [2.24, 2.45) is 11.7 Å². The number of hydrogen-bond donors (Lipinski definition) is 2. The van der Waals surface area contributed by atoms with Gasteiger partial charge in [-0.15, -0.1) is 0 Å². The van der Waals surface area contributed by atoms with Crippen molar-refractivity contribution in [1.82, 2.24) is 4.98 Å². The molecule has 0 aromatic carbocycles. The summed E-state index contributed by atoms with van der Waals surface area (Å²) in [4.78, 5) is 27.4. The van der Waals surface area contributed by atoms with E-state index in [1.165, 1.54) is 0 Å². The van der Waals surface area contributed by atoms with Gasteiger partial charge in [-0.05, 0) is 19.8 Å². The molecule has 3 N–H and O–H groups in total. The maximum atomic E-state index is 11.8. The van der Waals surface area contributed by atoms with Gasteiger partial charge < -0.3 is 11.1 Å². The Morgan fingerprint density at radius 3 is 2.59 bits per heavy atom. The molecule has 0 bridgehead atoms. The summed E-state index contributed by atoms with van der Waals surface area (Å²) >= 11 is 1.14. The van der Waals surface area contributed by atoms with Gasteiger partial charge in [-0.2, -0.15) is 0 Å². The molecule has 1 saturated carbocycles. The lowest BCUT2D eigenvalue weighted by molar-refractivity contribution is -0.119. The number of aromatic nitrogens is 1. The minimum Gasteiger partial charge on any atom is -0.365 e. The fraction of sp³-hybridized carbons (Fsp3) is 0.545. The van der Waals surface area contributed by atoms with E-state index in [4.69, 9.17) is 5.73 Å². The molecule has 0 radical (unpaired) electrons. The lowest BCUT2D eigenvalue weighted by Crippen LogP contribution is -2.20. The molecule has 6 heteroatoms. The number of nitrogens with zero attached hydrogens (tertiary/aromatic N) is 1. The highest BCUT2D eigenvalue weighted by Gasteiger charge is 2.24. The van der Waals surface area contributed by atoms with E-state index in [0.29, 0.717) is 15.7 Å². The minimum atomic E-state index is -0.499. The van der Waals surface area contributed by atoms with E-state index < -0.39 is 5.91 Å². The Labute approximate surface area is 103 Å². The predicted molar refractivity (Wildman–Crippen MR) is 66.0 cm³/mol. The number of nitrogens with one attached hydrogen (secondary N) is 1. The van der Waals surface area contributed by atoms with Crippen molar-refractivity contribution in [3.63, 3.8) is 0 Å². The van der Waals surface area contributed by atoms with Crippen LogP contribution in [-0.2, 0) is 4.79 Å². The standard InChI is InChI=1S/C11H15N3O2S/c1-6-8(9(12)15)17-11(13-6)14-10(16)7-4-2-3-5-7/h7H,2-5H2,1H3,(H2,12,15)(H,13,14,16). The van der Waals surface area contributed by atoms with Crippen LogP contribution in [0.25, 0.3) is 0 Å². The van der Waals surface area contributed by atoms with Gasteiger partial charge in [-0.1, -0.05) is 24.2 Å². The van der Waals surface area contributed by atoms with Crippen molar-refractivity contribution in [2.45, 2.75) is 32.6 Å². The first-order chi connectivity index (χ1) is 8.08. The zero-order chi connectivity index (χ0) is 12.4. The molecule has 17 heavy (non-hydrogen) atoms. The molecule has 0 saturated heterocycles. The summed E-state index contributed by atoms with van der Waals surface area (Å²) in [5.74, 6) is -0.398. The SMILES string of the molecule is Cc1nc(NC(=O)C2CCCC2)sc1C(N)=O. The average molecular weight is 253 g/mol. The first kappa shape index (κ1) is 12.0. The number of carbonyl (C=O) groups is 2. The van der Waals surface area contributed by atoms with E-state index in [0.717, 1.165) is 37.0 Å². The highest BCUT2D eigenvalue weighted by atomic mass is 32.1. The molecule has 2 rings (SSSR count). The van der Waals surface area contributed by atoms with Crippen LogP contribution in [0.1, 0.15) is 41.0 Å². The molecule has 1 fully saturated rings. The first-order valence-electron chi connectivity index (χ1n) is 5.66. The molecule has 92 valence electrons. The number of carbonyl (C=O) groups excluding carboxylic acids is 2. The van der Waals surface area contributed by atoms with E-state index in [1.807, 2.05) is 0 Å². The molecule has 2 amide bonds. The van der Waals surface area contributed by atoms with Crippen LogP contribution in [0.2, 0.25) is 0 Å². The number of thiazole rings is 1. The van der Waals surface area contributed by atoms with E-state index in [-0.39, 0.29) is 11.8 Å². The second-order valence-electron chi connectivity index (χ2n) is 4.27. The zero-order valence-electron chi connectivity index (χ0n) is 9.66. The van der Waals surface area contributed by atoms with Crippen LogP contribution in [0.5, 0.6) is 0 Å². The summed E-state index contributed by atoms with van der Waals surface area (Å²) in [6.45, 7) is 1.71. The van der Waals surface area contributed by atoms with Crippen LogP contribution in [0.4, 0.5) is 5.13 Å². The normalized spacial score (nSPS) is 16.1. The van der Waals surface area contributed by atoms with E-state index >= 15 is 0 Å². The highest BCUT2D eigenvalue weighted by molar-refractivity contribution is 7.17. The Balaban J connectivity index is 2.05. The molecule has 0 atom stereocenters. The Bertz CT molecular complexity index is 450. The van der Waals surface area contributed by atoms with Gasteiger partial charge in [0.2, 0.25) is 5.91 Å². The van der Waals surface area contributed by atoms with Gasteiger partial charge >= 0.3 is 0 Å². The predicted octanol–water partition coefficient (Wildman–Crippen LogP) is 1.68. The van der Waals surface area contributed by atoms with Gasteiger partial charge in [0, 0.05) is 5.92 Å². The molecule has 1 aromatic heterocycles. The van der Waals surface area contributed by atoms with Crippen LogP contribution in [0.15, 0.2) is 0 Å². The fourth-order valence-corrected chi connectivity index (χ4v) is 2.90. The van der Waals surface area contributed by atoms with E-state index in [1.54, 1.807) is 6.92 Å². The molecule has 1 aromatic rings. The maximum absolute atomic E-state index is 11.8. The number of primary amides is 1. The van der Waals surface area contributed by atoms with Gasteiger partial charge in [0.15, 0.2) is 5.13 Å². The van der Waals surface area contributed by atoms with Crippen molar-refractivity contribution >= 4 is 28.3 Å². The molecular formula is C11H15N3O2S. The molecule has 1 aliphatic rings. The molecule has 0 aliphatic heterocycles. The smallest absolute Gasteiger partial charge is 0.260 e. The summed E-state index contributed by atoms with van der Waals surface area (Å²) < 4.78 is 0. The van der Waals surface area contributed by atoms with Crippen molar-refractivity contribution in [3.8, 4) is 0 Å². The number of rotatable bonds is 3. The molecule has 5 nitrogen and oxygen atoms in total. The third-order valence-corrected chi connectivity index (χ3v) is 4.06. The Morgan fingerprint density at radius 2 is 2.06 bits per heavy atom. The molecular weight excluding hydrogens is 238 g/mol. The van der Waals surface area contributed by atoms with Crippen molar-refractivity contribution < 1.29 is 9.59 Å². The van der Waals surface area contributed by atoms with Gasteiger partial charge in [0.25, 0.3) is 5.91 Å². The Kier molecular flexibility index (Phi) is 3.42. The van der Waals surface area contributed by atoms with Crippen LogP contribution in [0.3, 0.4) is 0 Å². The van der Waals surface area contributed by atoms with E-state index in [9.17, 15) is 9.59 Å². The molecule has 1 aliphatic carbocycles. The first-order valence-corrected chi connectivity index (χ1v) is 6.47. The monoisotopic (exact) mass is 253 g/mol. The van der Waals surface area contributed by atoms with Crippen molar-refractivity contribution in [3.05, 3.63) is 10.6 Å². The highest BCUT2D eigenvalue weighted by Crippen LogP contribution is 2.27. The minimum absolute atomic E-state index is 0.00673. The summed E-state index contributed by atoms with van der Waals surface area (Å²) in [7, 11) is 0. The van der Waals surface area contributed by atoms with Gasteiger partial charge in [0.05, 0.1) is 5.69 Å². The van der Waals surface area contributed by atoms with Crippen LogP contribution < -0.4 is 11.1 Å². The van der Waals surface area contributed by atoms with Crippen molar-refractivity contribution in [2.75, 3.05) is 5.32 Å². The number of anilines is 1. The molecule has 0 spiro atoms. The number of nitrogens with two attached hydrogens (primary N) is 1. The lowest BCUT2D eigenvalue weighted by atomic mass is 10.1. The Hall–Kier alpha value is -1.43. The average Bonchev–Trinajstić information content (AvgIpc) is 2.86. The lowest BCUT2D eigenvalue weighted by Gasteiger charge is -2.07. The second kappa shape index (κ2) is 4.83. The number of aryl methyl sites for hydroxylation is 1. The van der Waals surface area contributed by atoms with Crippen LogP contribution in [0, 0.1) is 12.8 Å². The molecule has 1 heterocycles. The summed E-state index contributed by atoms with van der Waals surface area (Å²) in [6.07, 6.45) is 4.11. The third-order valence-electron chi connectivity index (χ3n) is 2.98. The summed E-state index contributed by atoms with van der Waals surface area (Å²) in [5, 5.41) is 3.23. The fourth-order valence-electron chi connectivity index (χ4n) is 2.07. The number of amides is 2. The van der Waals surface area contributed by atoms with Gasteiger partial charge in [-0.25, -0.2) is 4.98 Å². The van der Waals surface area contributed by atoms with Crippen molar-refractivity contribution in [1.29, 1.82) is 0 Å². The van der Waals surface area contributed by atoms with Crippen LogP contribution >= 0.6 is 11.3 Å². The van der Waals surface area contributed by atoms with Gasteiger partial charge in [0.1, 0.15) is 4.88 Å². The van der Waals surface area contributed by atoms with Crippen LogP contribution in [-0.4, -0.2) is 16.8 Å². The topological polar surface area (TPSA) is 85.1 Å².